The first kappa shape index (κ1) is 19.7. The number of aliphatic hydroxyl groups excluding tert-OH is 1. The number of methoxy groups -OCH3 is 1. The number of hydrogen-bond donors (Lipinski definition) is 2. The van der Waals surface area contributed by atoms with Crippen LogP contribution in [-0.4, -0.2) is 57.2 Å². The molecule has 0 radical (unpaired) electrons. The summed E-state index contributed by atoms with van der Waals surface area (Å²) in [7, 11) is -0.460. The summed E-state index contributed by atoms with van der Waals surface area (Å²) in [5.41, 5.74) is 0.742. The van der Waals surface area contributed by atoms with E-state index in [9.17, 15) is 9.90 Å². The van der Waals surface area contributed by atoms with Gasteiger partial charge in [0.1, 0.15) is 0 Å². The zero-order valence-electron chi connectivity index (χ0n) is 15.9. The molecule has 1 amide bonds. The van der Waals surface area contributed by atoms with E-state index in [1.54, 1.807) is 6.07 Å². The Balaban J connectivity index is 2.27. The summed E-state index contributed by atoms with van der Waals surface area (Å²) >= 11 is 0. The Morgan fingerprint density at radius 2 is 2.08 bits per heavy atom. The number of nitrogens with zero attached hydrogens (tertiary/aromatic N) is 2. The molecule has 8 heteroatoms. The van der Waals surface area contributed by atoms with Gasteiger partial charge in [0.2, 0.25) is 11.8 Å². The van der Waals surface area contributed by atoms with Crippen molar-refractivity contribution in [2.24, 2.45) is 0 Å². The average molecular weight is 368 g/mol. The van der Waals surface area contributed by atoms with Crippen LogP contribution >= 0.6 is 0 Å². The van der Waals surface area contributed by atoms with E-state index < -0.39 is 14.4 Å². The van der Waals surface area contributed by atoms with E-state index in [2.05, 4.69) is 44.2 Å². The number of carbonyl (C=O) groups excluding carboxylic acids is 1. The average Bonchev–Trinajstić information content (AvgIpc) is 2.55. The first-order chi connectivity index (χ1) is 11.6. The third-order valence-corrected chi connectivity index (χ3v) is 9.51. The van der Waals surface area contributed by atoms with Crippen molar-refractivity contribution in [3.63, 3.8) is 0 Å². The topological polar surface area (TPSA) is 83.9 Å². The van der Waals surface area contributed by atoms with E-state index in [1.807, 2.05) is 6.07 Å². The molecule has 0 saturated heterocycles. The van der Waals surface area contributed by atoms with Gasteiger partial charge >= 0.3 is 0 Å². The van der Waals surface area contributed by atoms with E-state index in [1.165, 1.54) is 12.0 Å². The number of nitrogens with one attached hydrogen (secondary N) is 1. The molecule has 0 unspecified atom stereocenters. The van der Waals surface area contributed by atoms with Crippen molar-refractivity contribution in [1.29, 1.82) is 0 Å². The van der Waals surface area contributed by atoms with Crippen LogP contribution in [0.4, 0.5) is 11.5 Å². The van der Waals surface area contributed by atoms with Gasteiger partial charge in [0, 0.05) is 6.07 Å². The molecular formula is C17H29N3O4Si. The number of carbonyl (C=O) groups is 1. The first-order valence-corrected chi connectivity index (χ1v) is 11.4. The molecule has 1 atom stereocenters. The summed E-state index contributed by atoms with van der Waals surface area (Å²) in [5, 5.41) is 13.0. The first-order valence-electron chi connectivity index (χ1n) is 8.46. The van der Waals surface area contributed by atoms with E-state index >= 15 is 0 Å². The van der Waals surface area contributed by atoms with Gasteiger partial charge in [-0.3, -0.25) is 9.69 Å². The van der Waals surface area contributed by atoms with E-state index in [0.29, 0.717) is 11.7 Å². The quantitative estimate of drug-likeness (QED) is 0.750. The van der Waals surface area contributed by atoms with Gasteiger partial charge in [-0.05, 0) is 24.2 Å². The molecule has 2 rings (SSSR count). The number of aromatic nitrogens is 1. The zero-order valence-corrected chi connectivity index (χ0v) is 16.9. The number of aliphatic hydroxyl groups is 1. The summed E-state index contributed by atoms with van der Waals surface area (Å²) in [6.07, 6.45) is 0. The van der Waals surface area contributed by atoms with Crippen LogP contribution in [0.3, 0.4) is 0 Å². The molecule has 0 aliphatic carbocycles. The molecule has 1 aromatic rings. The molecule has 0 spiro atoms. The number of amides is 1. The van der Waals surface area contributed by atoms with Gasteiger partial charge < -0.3 is 19.6 Å². The Morgan fingerprint density at radius 1 is 1.40 bits per heavy atom. The van der Waals surface area contributed by atoms with Crippen molar-refractivity contribution in [2.75, 3.05) is 37.1 Å². The van der Waals surface area contributed by atoms with Crippen molar-refractivity contribution in [3.05, 3.63) is 12.1 Å². The van der Waals surface area contributed by atoms with Gasteiger partial charge in [0.25, 0.3) is 0 Å². The number of fused-ring (bicyclic) bond motifs is 1. The van der Waals surface area contributed by atoms with Crippen LogP contribution in [0.1, 0.15) is 20.8 Å². The molecule has 1 aliphatic heterocycles. The highest BCUT2D eigenvalue weighted by molar-refractivity contribution is 6.74. The predicted molar refractivity (Wildman–Crippen MR) is 101 cm³/mol. The predicted octanol–water partition coefficient (Wildman–Crippen LogP) is 2.23. The van der Waals surface area contributed by atoms with Gasteiger partial charge in [0.05, 0.1) is 38.6 Å². The summed E-state index contributed by atoms with van der Waals surface area (Å²) in [5.74, 6) is 0.738. The van der Waals surface area contributed by atoms with Crippen LogP contribution in [0.2, 0.25) is 18.1 Å². The fourth-order valence-electron chi connectivity index (χ4n) is 2.35. The largest absolute Gasteiger partial charge is 0.481 e. The Morgan fingerprint density at radius 3 is 2.64 bits per heavy atom. The fraction of sp³-hybridized carbons (Fsp3) is 0.647. The van der Waals surface area contributed by atoms with Gasteiger partial charge in [-0.1, -0.05) is 20.8 Å². The minimum atomic E-state index is -1.99. The third-order valence-electron chi connectivity index (χ3n) is 5.00. The monoisotopic (exact) mass is 367 g/mol. The number of rotatable bonds is 6. The minimum Gasteiger partial charge on any atom is -0.481 e. The molecule has 2 heterocycles. The van der Waals surface area contributed by atoms with Crippen molar-refractivity contribution < 1.29 is 19.1 Å². The Kier molecular flexibility index (Phi) is 5.75. The Bertz CT molecular complexity index is 631. The van der Waals surface area contributed by atoms with Crippen LogP contribution in [0.5, 0.6) is 5.88 Å². The minimum absolute atomic E-state index is 0.0554. The van der Waals surface area contributed by atoms with E-state index in [0.717, 1.165) is 5.69 Å². The molecule has 0 bridgehead atoms. The van der Waals surface area contributed by atoms with Gasteiger partial charge in [-0.25, -0.2) is 0 Å². The molecule has 0 saturated carbocycles. The van der Waals surface area contributed by atoms with Gasteiger partial charge in [-0.2, -0.15) is 4.98 Å². The lowest BCUT2D eigenvalue weighted by atomic mass is 10.2. The van der Waals surface area contributed by atoms with Crippen LogP contribution < -0.4 is 15.0 Å². The summed E-state index contributed by atoms with van der Waals surface area (Å²) < 4.78 is 11.4. The number of anilines is 2. The van der Waals surface area contributed by atoms with Crippen molar-refractivity contribution in [3.8, 4) is 5.88 Å². The molecular weight excluding hydrogens is 338 g/mol. The smallest absolute Gasteiger partial charge is 0.247 e. The summed E-state index contributed by atoms with van der Waals surface area (Å²) in [4.78, 5) is 18.4. The number of hydrogen-bond acceptors (Lipinski definition) is 6. The van der Waals surface area contributed by atoms with Crippen molar-refractivity contribution in [1.82, 2.24) is 4.98 Å². The number of pyridine rings is 1. The second kappa shape index (κ2) is 7.31. The molecule has 7 nitrogen and oxygen atoms in total. The van der Waals surface area contributed by atoms with Crippen LogP contribution in [0.25, 0.3) is 0 Å². The number of ether oxygens (including phenoxy) is 1. The van der Waals surface area contributed by atoms with Crippen LogP contribution in [0.15, 0.2) is 12.1 Å². The lowest BCUT2D eigenvalue weighted by Crippen LogP contribution is -2.53. The maximum atomic E-state index is 12.5. The second-order valence-electron chi connectivity index (χ2n) is 7.75. The highest BCUT2D eigenvalue weighted by atomic mass is 28.4. The molecule has 2 N–H and O–H groups in total. The van der Waals surface area contributed by atoms with Gasteiger partial charge in [0.15, 0.2) is 14.1 Å². The maximum Gasteiger partial charge on any atom is 0.247 e. The maximum absolute atomic E-state index is 12.5. The van der Waals surface area contributed by atoms with Crippen LogP contribution in [0, 0.1) is 0 Å². The molecule has 140 valence electrons. The summed E-state index contributed by atoms with van der Waals surface area (Å²) in [6, 6.07) is 3.07. The van der Waals surface area contributed by atoms with E-state index in [-0.39, 0.29) is 30.7 Å². The highest BCUT2D eigenvalue weighted by Crippen LogP contribution is 2.37. The van der Waals surface area contributed by atoms with Crippen molar-refractivity contribution in [2.45, 2.75) is 44.9 Å². The Labute approximate surface area is 150 Å². The highest BCUT2D eigenvalue weighted by Gasteiger charge is 2.39. The fourth-order valence-corrected chi connectivity index (χ4v) is 3.39. The van der Waals surface area contributed by atoms with Crippen LogP contribution in [-0.2, 0) is 9.22 Å². The SMILES string of the molecule is COc1ccc2c(n1)N([C@@H](CO)CO[Si](C)(C)C(C)(C)C)C(=O)CN2. The lowest BCUT2D eigenvalue weighted by Gasteiger charge is -2.40. The molecule has 1 aliphatic rings. The van der Waals surface area contributed by atoms with E-state index in [4.69, 9.17) is 9.16 Å². The third kappa shape index (κ3) is 4.13. The van der Waals surface area contributed by atoms with Crippen molar-refractivity contribution >= 4 is 25.7 Å². The lowest BCUT2D eigenvalue weighted by molar-refractivity contribution is -0.118. The molecule has 1 aromatic heterocycles. The zero-order chi connectivity index (χ0) is 18.8. The molecule has 25 heavy (non-hydrogen) atoms. The standard InChI is InChI=1S/C17H29N3O4Si/c1-17(2,3)25(5,6)24-11-12(10-21)20-15(22)9-18-13-7-8-14(23-4)19-16(13)20/h7-8,12,18,21H,9-11H2,1-6H3/t12-/m0/s1. The Hall–Kier alpha value is -1.64. The summed E-state index contributed by atoms with van der Waals surface area (Å²) in [6.45, 7) is 11.0. The van der Waals surface area contributed by atoms with Gasteiger partial charge in [-0.15, -0.1) is 0 Å². The normalized spacial score (nSPS) is 16.3. The second-order valence-corrected chi connectivity index (χ2v) is 12.6. The molecule has 0 fully saturated rings. The molecule has 0 aromatic carbocycles.